The molecule has 0 unspecified atom stereocenters. The van der Waals surface area contributed by atoms with Crippen molar-refractivity contribution in [1.29, 1.82) is 0 Å². The summed E-state index contributed by atoms with van der Waals surface area (Å²) < 4.78 is 37.7. The fraction of sp³-hybridized carbons (Fsp3) is 0.267. The van der Waals surface area contributed by atoms with Gasteiger partial charge >= 0.3 is 6.18 Å². The number of hydrogen-bond donors (Lipinski definition) is 2. The van der Waals surface area contributed by atoms with Crippen molar-refractivity contribution in [2.75, 3.05) is 11.9 Å². The molecule has 1 atom stereocenters. The third kappa shape index (κ3) is 4.35. The normalized spacial score (nSPS) is 13.0. The fourth-order valence-electron chi connectivity index (χ4n) is 1.95. The molecule has 7 heteroatoms. The molecule has 3 nitrogen and oxygen atoms in total. The molecule has 2 N–H and O–H groups in total. The van der Waals surface area contributed by atoms with Gasteiger partial charge in [-0.25, -0.2) is 4.98 Å². The van der Waals surface area contributed by atoms with E-state index in [0.717, 1.165) is 11.6 Å². The second kappa shape index (κ2) is 6.98. The lowest BCUT2D eigenvalue weighted by Gasteiger charge is -2.18. The van der Waals surface area contributed by atoms with Gasteiger partial charge in [0.25, 0.3) is 0 Å². The third-order valence-corrected chi connectivity index (χ3v) is 3.34. The number of pyridine rings is 1. The molecule has 1 aromatic heterocycles. The van der Waals surface area contributed by atoms with Crippen LogP contribution in [-0.4, -0.2) is 22.7 Å². The summed E-state index contributed by atoms with van der Waals surface area (Å²) in [5.41, 5.74) is 0.0729. The van der Waals surface area contributed by atoms with Crippen LogP contribution in [0.1, 0.15) is 11.1 Å². The topological polar surface area (TPSA) is 45.1 Å². The first-order chi connectivity index (χ1) is 10.4. The Labute approximate surface area is 130 Å². The zero-order valence-electron chi connectivity index (χ0n) is 11.4. The maximum absolute atomic E-state index is 12.6. The molecule has 0 spiro atoms. The molecule has 118 valence electrons. The minimum atomic E-state index is -4.49. The molecular formula is C15H14ClF3N2O. The maximum Gasteiger partial charge on any atom is 0.417 e. The van der Waals surface area contributed by atoms with Crippen LogP contribution in [0.5, 0.6) is 0 Å². The number of rotatable bonds is 5. The van der Waals surface area contributed by atoms with Crippen molar-refractivity contribution >= 4 is 17.4 Å². The number of benzene rings is 1. The quantitative estimate of drug-likeness (QED) is 0.877. The Kier molecular flexibility index (Phi) is 5.26. The number of hydrogen-bond acceptors (Lipinski definition) is 3. The van der Waals surface area contributed by atoms with Gasteiger partial charge < -0.3 is 10.4 Å². The summed E-state index contributed by atoms with van der Waals surface area (Å²) in [6, 6.07) is 9.81. The largest absolute Gasteiger partial charge is 0.417 e. The molecule has 22 heavy (non-hydrogen) atoms. The average molecular weight is 331 g/mol. The monoisotopic (exact) mass is 330 g/mol. The second-order valence-electron chi connectivity index (χ2n) is 4.77. The first-order valence-corrected chi connectivity index (χ1v) is 6.92. The van der Waals surface area contributed by atoms with Gasteiger partial charge in [-0.05, 0) is 18.1 Å². The molecule has 2 rings (SSSR count). The number of aromatic nitrogens is 1. The number of aliphatic hydroxyl groups excluding tert-OH is 1. The van der Waals surface area contributed by atoms with Crippen LogP contribution in [0.25, 0.3) is 0 Å². The molecule has 0 amide bonds. The Morgan fingerprint density at radius 2 is 1.91 bits per heavy atom. The second-order valence-corrected chi connectivity index (χ2v) is 5.17. The van der Waals surface area contributed by atoms with Gasteiger partial charge in [-0.2, -0.15) is 13.2 Å². The van der Waals surface area contributed by atoms with E-state index in [1.165, 1.54) is 0 Å². The lowest BCUT2D eigenvalue weighted by molar-refractivity contribution is -0.137. The van der Waals surface area contributed by atoms with Crippen molar-refractivity contribution in [2.45, 2.75) is 18.6 Å². The first-order valence-electron chi connectivity index (χ1n) is 6.54. The molecule has 0 saturated heterocycles. The minimum Gasteiger partial charge on any atom is -0.394 e. The minimum absolute atomic E-state index is 0.115. The van der Waals surface area contributed by atoms with Gasteiger partial charge in [0.2, 0.25) is 0 Å². The van der Waals surface area contributed by atoms with E-state index in [1.807, 2.05) is 30.3 Å². The maximum atomic E-state index is 12.6. The van der Waals surface area contributed by atoms with Crippen LogP contribution in [0.2, 0.25) is 5.02 Å². The standard InChI is InChI=1S/C15H14ClF3N2O/c16-13-7-11(15(17,18)19)8-20-14(13)21-12(9-22)6-10-4-2-1-3-5-10/h1-5,7-8,12,22H,6,9H2,(H,20,21)/t12-/m0/s1. The lowest BCUT2D eigenvalue weighted by atomic mass is 10.1. The van der Waals surface area contributed by atoms with Gasteiger partial charge in [-0.15, -0.1) is 0 Å². The van der Waals surface area contributed by atoms with Crippen LogP contribution < -0.4 is 5.32 Å². The summed E-state index contributed by atoms with van der Waals surface area (Å²) >= 11 is 5.83. The predicted octanol–water partition coefficient (Wildman–Crippen LogP) is 3.77. The Balaban J connectivity index is 2.11. The highest BCUT2D eigenvalue weighted by Gasteiger charge is 2.31. The first kappa shape index (κ1) is 16.6. The molecule has 0 saturated carbocycles. The zero-order chi connectivity index (χ0) is 16.2. The van der Waals surface area contributed by atoms with Crippen LogP contribution in [0.3, 0.4) is 0 Å². The van der Waals surface area contributed by atoms with Crippen molar-refractivity contribution in [1.82, 2.24) is 4.98 Å². The van der Waals surface area contributed by atoms with Crippen molar-refractivity contribution in [3.05, 3.63) is 58.7 Å². The fourth-order valence-corrected chi connectivity index (χ4v) is 2.17. The lowest BCUT2D eigenvalue weighted by Crippen LogP contribution is -2.27. The number of nitrogens with one attached hydrogen (secondary N) is 1. The van der Waals surface area contributed by atoms with E-state index in [-0.39, 0.29) is 17.4 Å². The van der Waals surface area contributed by atoms with E-state index >= 15 is 0 Å². The highest BCUT2D eigenvalue weighted by molar-refractivity contribution is 6.33. The van der Waals surface area contributed by atoms with Gasteiger partial charge in [0, 0.05) is 6.20 Å². The predicted molar refractivity (Wildman–Crippen MR) is 78.9 cm³/mol. The Hall–Kier alpha value is -1.79. The number of anilines is 1. The smallest absolute Gasteiger partial charge is 0.394 e. The van der Waals surface area contributed by atoms with Gasteiger partial charge in [0.05, 0.1) is 23.2 Å². The van der Waals surface area contributed by atoms with Gasteiger partial charge in [0.1, 0.15) is 5.82 Å². The molecule has 0 aliphatic rings. The highest BCUT2D eigenvalue weighted by atomic mass is 35.5. The Morgan fingerprint density at radius 3 is 2.45 bits per heavy atom. The Morgan fingerprint density at radius 1 is 1.23 bits per heavy atom. The summed E-state index contributed by atoms with van der Waals surface area (Å²) in [7, 11) is 0. The molecule has 1 aromatic carbocycles. The number of halogens is 4. The molecule has 2 aromatic rings. The van der Waals surface area contributed by atoms with Gasteiger partial charge in [-0.1, -0.05) is 41.9 Å². The summed E-state index contributed by atoms with van der Waals surface area (Å²) in [4.78, 5) is 3.70. The Bertz CT molecular complexity index is 620. The SMILES string of the molecule is OC[C@H](Cc1ccccc1)Nc1ncc(C(F)(F)F)cc1Cl. The molecule has 0 aliphatic heterocycles. The van der Waals surface area contributed by atoms with Crippen molar-refractivity contribution < 1.29 is 18.3 Å². The van der Waals surface area contributed by atoms with Crippen molar-refractivity contribution in [3.8, 4) is 0 Å². The van der Waals surface area contributed by atoms with Gasteiger partial charge in [0.15, 0.2) is 0 Å². The van der Waals surface area contributed by atoms with Crippen molar-refractivity contribution in [3.63, 3.8) is 0 Å². The molecular weight excluding hydrogens is 317 g/mol. The van der Waals surface area contributed by atoms with Crippen molar-refractivity contribution in [2.24, 2.45) is 0 Å². The number of aliphatic hydroxyl groups is 1. The van der Waals surface area contributed by atoms with E-state index < -0.39 is 17.8 Å². The molecule has 0 radical (unpaired) electrons. The van der Waals surface area contributed by atoms with E-state index in [4.69, 9.17) is 11.6 Å². The molecule has 0 fully saturated rings. The number of nitrogens with zero attached hydrogens (tertiary/aromatic N) is 1. The van der Waals surface area contributed by atoms with E-state index in [9.17, 15) is 18.3 Å². The van der Waals surface area contributed by atoms with Crippen LogP contribution in [0, 0.1) is 0 Å². The highest BCUT2D eigenvalue weighted by Crippen LogP contribution is 2.32. The van der Waals surface area contributed by atoms with Crippen LogP contribution in [0.15, 0.2) is 42.6 Å². The number of alkyl halides is 3. The summed E-state index contributed by atoms with van der Waals surface area (Å²) in [6.45, 7) is -0.200. The third-order valence-electron chi connectivity index (χ3n) is 3.05. The van der Waals surface area contributed by atoms with E-state index in [1.54, 1.807) is 0 Å². The summed E-state index contributed by atoms with van der Waals surface area (Å²) in [5, 5.41) is 12.1. The van der Waals surface area contributed by atoms with Crippen LogP contribution >= 0.6 is 11.6 Å². The van der Waals surface area contributed by atoms with Crippen LogP contribution in [-0.2, 0) is 12.6 Å². The van der Waals surface area contributed by atoms with Gasteiger partial charge in [-0.3, -0.25) is 0 Å². The van der Waals surface area contributed by atoms with E-state index in [0.29, 0.717) is 12.6 Å². The average Bonchev–Trinajstić information content (AvgIpc) is 2.48. The summed E-state index contributed by atoms with van der Waals surface area (Å²) in [6.07, 6.45) is -3.28. The molecule has 1 heterocycles. The van der Waals surface area contributed by atoms with Crippen LogP contribution in [0.4, 0.5) is 19.0 Å². The molecule has 0 bridgehead atoms. The summed E-state index contributed by atoms with van der Waals surface area (Å²) in [5.74, 6) is 0.115. The molecule has 0 aliphatic carbocycles. The van der Waals surface area contributed by atoms with E-state index in [2.05, 4.69) is 10.3 Å². The zero-order valence-corrected chi connectivity index (χ0v) is 12.2.